The lowest BCUT2D eigenvalue weighted by Gasteiger charge is -1.99. The van der Waals surface area contributed by atoms with Gasteiger partial charge in [-0.1, -0.05) is 23.7 Å². The van der Waals surface area contributed by atoms with E-state index in [1.165, 1.54) is 6.07 Å². The number of azo groups is 1. The first-order valence-corrected chi connectivity index (χ1v) is 6.78. The Bertz CT molecular complexity index is 881. The molecule has 7 heteroatoms. The third-order valence-corrected chi connectivity index (χ3v) is 3.23. The van der Waals surface area contributed by atoms with E-state index in [0.29, 0.717) is 22.0 Å². The molecule has 0 fully saturated rings. The summed E-state index contributed by atoms with van der Waals surface area (Å²) < 4.78 is 0. The van der Waals surface area contributed by atoms with Gasteiger partial charge in [0.2, 0.25) is 0 Å². The highest BCUT2D eigenvalue weighted by Gasteiger charge is 2.12. The van der Waals surface area contributed by atoms with E-state index in [9.17, 15) is 9.90 Å². The largest absolute Gasteiger partial charge is 0.508 e. The summed E-state index contributed by atoms with van der Waals surface area (Å²) in [6.45, 7) is 0. The van der Waals surface area contributed by atoms with Gasteiger partial charge in [0, 0.05) is 10.6 Å². The molecular weight excluding hydrogens is 304 g/mol. The summed E-state index contributed by atoms with van der Waals surface area (Å²) in [6.07, 6.45) is 0. The van der Waals surface area contributed by atoms with Crippen molar-refractivity contribution in [2.24, 2.45) is 10.2 Å². The molecule has 0 aliphatic rings. The maximum Gasteiger partial charge on any atom is 0.292 e. The molecule has 3 aromatic rings. The fourth-order valence-electron chi connectivity index (χ4n) is 1.93. The van der Waals surface area contributed by atoms with Crippen molar-refractivity contribution >= 4 is 23.0 Å². The summed E-state index contributed by atoms with van der Waals surface area (Å²) in [4.78, 5) is 11.8. The van der Waals surface area contributed by atoms with Crippen LogP contribution in [-0.4, -0.2) is 15.3 Å². The number of hydrogen-bond acceptors (Lipinski definition) is 4. The second kappa shape index (κ2) is 5.87. The van der Waals surface area contributed by atoms with Gasteiger partial charge in [-0.15, -0.1) is 5.11 Å². The summed E-state index contributed by atoms with van der Waals surface area (Å²) in [5, 5.41) is 23.4. The number of phenolic OH excluding ortho intramolecular Hbond substituents is 1. The van der Waals surface area contributed by atoms with Crippen LogP contribution < -0.4 is 5.56 Å². The molecule has 2 aromatic carbocycles. The lowest BCUT2D eigenvalue weighted by atomic mass is 10.1. The molecule has 110 valence electrons. The Morgan fingerprint density at radius 3 is 2.50 bits per heavy atom. The predicted molar refractivity (Wildman–Crippen MR) is 84.1 cm³/mol. The third kappa shape index (κ3) is 2.91. The van der Waals surface area contributed by atoms with Crippen molar-refractivity contribution in [2.45, 2.75) is 0 Å². The maximum absolute atomic E-state index is 11.8. The number of benzene rings is 2. The van der Waals surface area contributed by atoms with E-state index in [1.54, 1.807) is 42.5 Å². The Morgan fingerprint density at radius 2 is 1.77 bits per heavy atom. The molecule has 3 N–H and O–H groups in total. The Morgan fingerprint density at radius 1 is 1.00 bits per heavy atom. The molecule has 6 nitrogen and oxygen atoms in total. The molecule has 22 heavy (non-hydrogen) atoms. The van der Waals surface area contributed by atoms with Gasteiger partial charge in [-0.2, -0.15) is 5.11 Å². The molecule has 0 spiro atoms. The molecule has 0 aliphatic carbocycles. The molecule has 0 saturated carbocycles. The second-order valence-electron chi connectivity index (χ2n) is 4.53. The first-order valence-electron chi connectivity index (χ1n) is 6.41. The molecular formula is C15H11ClN4O2. The van der Waals surface area contributed by atoms with Gasteiger partial charge < -0.3 is 5.11 Å². The van der Waals surface area contributed by atoms with Crippen molar-refractivity contribution in [2.75, 3.05) is 0 Å². The molecule has 0 saturated heterocycles. The average Bonchev–Trinajstić information content (AvgIpc) is 2.88. The number of phenols is 1. The van der Waals surface area contributed by atoms with Crippen LogP contribution in [0.4, 0.5) is 11.4 Å². The highest BCUT2D eigenvalue weighted by Crippen LogP contribution is 2.28. The van der Waals surface area contributed by atoms with Gasteiger partial charge in [0.15, 0.2) is 5.69 Å². The van der Waals surface area contributed by atoms with E-state index in [4.69, 9.17) is 11.6 Å². The number of halogens is 1. The Labute approximate surface area is 130 Å². The average molecular weight is 315 g/mol. The lowest BCUT2D eigenvalue weighted by Crippen LogP contribution is -1.96. The summed E-state index contributed by atoms with van der Waals surface area (Å²) in [7, 11) is 0. The Kier molecular flexibility index (Phi) is 3.76. The van der Waals surface area contributed by atoms with Crippen LogP contribution in [0.25, 0.3) is 11.3 Å². The monoisotopic (exact) mass is 314 g/mol. The van der Waals surface area contributed by atoms with E-state index in [1.807, 2.05) is 0 Å². The predicted octanol–water partition coefficient (Wildman–Crippen LogP) is 4.14. The van der Waals surface area contributed by atoms with Crippen LogP contribution >= 0.6 is 11.6 Å². The minimum absolute atomic E-state index is 0.0974. The highest BCUT2D eigenvalue weighted by atomic mass is 35.5. The lowest BCUT2D eigenvalue weighted by molar-refractivity contribution is 0.475. The van der Waals surface area contributed by atoms with Crippen molar-refractivity contribution in [1.29, 1.82) is 0 Å². The number of H-pyrrole nitrogens is 2. The maximum atomic E-state index is 11.8. The van der Waals surface area contributed by atoms with Crippen LogP contribution in [0.1, 0.15) is 0 Å². The van der Waals surface area contributed by atoms with Crippen molar-refractivity contribution in [1.82, 2.24) is 10.2 Å². The van der Waals surface area contributed by atoms with Gasteiger partial charge in [-0.25, -0.2) is 0 Å². The van der Waals surface area contributed by atoms with Crippen molar-refractivity contribution in [3.05, 3.63) is 63.9 Å². The van der Waals surface area contributed by atoms with Gasteiger partial charge in [0.1, 0.15) is 5.75 Å². The number of aromatic nitrogens is 2. The van der Waals surface area contributed by atoms with Gasteiger partial charge in [0.05, 0.1) is 11.4 Å². The third-order valence-electron chi connectivity index (χ3n) is 2.98. The van der Waals surface area contributed by atoms with Gasteiger partial charge >= 0.3 is 0 Å². The molecule has 1 aromatic heterocycles. The van der Waals surface area contributed by atoms with Crippen molar-refractivity contribution in [3.63, 3.8) is 0 Å². The number of nitrogens with one attached hydrogen (secondary N) is 2. The van der Waals surface area contributed by atoms with Gasteiger partial charge in [-0.3, -0.25) is 15.0 Å². The first-order chi connectivity index (χ1) is 10.6. The smallest absolute Gasteiger partial charge is 0.292 e. The van der Waals surface area contributed by atoms with Crippen LogP contribution in [0.2, 0.25) is 5.02 Å². The van der Waals surface area contributed by atoms with Crippen LogP contribution in [0.5, 0.6) is 5.75 Å². The topological polar surface area (TPSA) is 93.6 Å². The summed E-state index contributed by atoms with van der Waals surface area (Å²) in [6, 6.07) is 13.3. The van der Waals surface area contributed by atoms with Gasteiger partial charge in [-0.05, 0) is 36.4 Å². The molecule has 0 atom stereocenters. The van der Waals surface area contributed by atoms with E-state index < -0.39 is 5.56 Å². The normalized spacial score (nSPS) is 11.1. The zero-order valence-corrected chi connectivity index (χ0v) is 12.0. The molecule has 0 unspecified atom stereocenters. The molecule has 0 amide bonds. The minimum Gasteiger partial charge on any atom is -0.508 e. The fourth-order valence-corrected chi connectivity index (χ4v) is 2.06. The molecule has 3 rings (SSSR count). The molecule has 1 heterocycles. The van der Waals surface area contributed by atoms with E-state index in [2.05, 4.69) is 20.4 Å². The summed E-state index contributed by atoms with van der Waals surface area (Å²) in [5.74, 6) is 0.0974. The van der Waals surface area contributed by atoms with Crippen LogP contribution in [0, 0.1) is 0 Å². The SMILES string of the molecule is O=c1[nH][nH]c(-c2cccc(O)c2)c1N=Nc1ccc(Cl)cc1. The zero-order chi connectivity index (χ0) is 15.5. The van der Waals surface area contributed by atoms with E-state index in [-0.39, 0.29) is 11.4 Å². The Balaban J connectivity index is 1.99. The number of rotatable bonds is 3. The highest BCUT2D eigenvalue weighted by molar-refractivity contribution is 6.30. The van der Waals surface area contributed by atoms with Crippen LogP contribution in [0.3, 0.4) is 0 Å². The number of hydrogen-bond donors (Lipinski definition) is 3. The van der Waals surface area contributed by atoms with Crippen LogP contribution in [-0.2, 0) is 0 Å². The van der Waals surface area contributed by atoms with Crippen molar-refractivity contribution in [3.8, 4) is 17.0 Å². The number of aromatic amines is 2. The van der Waals surface area contributed by atoms with E-state index in [0.717, 1.165) is 0 Å². The standard InChI is InChI=1S/C15H11ClN4O2/c16-10-4-6-11(7-5-10)17-19-14-13(18-20-15(14)22)9-2-1-3-12(21)8-9/h1-8,21H,(H2,18,20,22). The zero-order valence-electron chi connectivity index (χ0n) is 11.2. The Hall–Kier alpha value is -2.86. The summed E-state index contributed by atoms with van der Waals surface area (Å²) in [5.41, 5.74) is 1.41. The molecule has 0 radical (unpaired) electrons. The first kappa shape index (κ1) is 14.1. The second-order valence-corrected chi connectivity index (χ2v) is 4.97. The minimum atomic E-state index is -0.393. The summed E-state index contributed by atoms with van der Waals surface area (Å²) >= 11 is 5.80. The van der Waals surface area contributed by atoms with Gasteiger partial charge in [0.25, 0.3) is 5.56 Å². The quantitative estimate of drug-likeness (QED) is 0.633. The fraction of sp³-hybridized carbons (Fsp3) is 0. The van der Waals surface area contributed by atoms with E-state index >= 15 is 0 Å². The van der Waals surface area contributed by atoms with Crippen LogP contribution in [0.15, 0.2) is 63.6 Å². The number of nitrogens with zero attached hydrogens (tertiary/aromatic N) is 2. The number of aromatic hydroxyl groups is 1. The van der Waals surface area contributed by atoms with Crippen molar-refractivity contribution < 1.29 is 5.11 Å². The molecule has 0 aliphatic heterocycles. The molecule has 0 bridgehead atoms.